The fourth-order valence-electron chi connectivity index (χ4n) is 4.61. The Kier molecular flexibility index (Phi) is 10.2. The van der Waals surface area contributed by atoms with Gasteiger partial charge < -0.3 is 16.0 Å². The summed E-state index contributed by atoms with van der Waals surface area (Å²) in [6.07, 6.45) is -5.02. The molecule has 1 saturated carbocycles. The molecule has 0 radical (unpaired) electrons. The lowest BCUT2D eigenvalue weighted by molar-refractivity contribution is -0.140. The SMILES string of the molecule is CCS(=O)(=O)C(C)C(=O)Nc1c(F)ccc(NC(=O)c2cc(NC(=O)[C@H]3[C@H](c4ccc(F)c(C(F)(F)F)c4)C3(Cl)Cl)ccc2Cl)c1F. The van der Waals surface area contributed by atoms with E-state index in [4.69, 9.17) is 34.8 Å². The zero-order chi connectivity index (χ0) is 35.2. The lowest BCUT2D eigenvalue weighted by atomic mass is 10.0. The van der Waals surface area contributed by atoms with Gasteiger partial charge in [0.2, 0.25) is 11.8 Å². The lowest BCUT2D eigenvalue weighted by Gasteiger charge is -2.15. The summed E-state index contributed by atoms with van der Waals surface area (Å²) in [5.41, 5.74) is -3.75. The molecule has 1 aliphatic rings. The van der Waals surface area contributed by atoms with E-state index in [2.05, 4.69) is 10.6 Å². The minimum atomic E-state index is -5.02. The van der Waals surface area contributed by atoms with Crippen LogP contribution in [0.4, 0.5) is 43.4 Å². The minimum absolute atomic E-state index is 0.0620. The number of rotatable bonds is 9. The van der Waals surface area contributed by atoms with Gasteiger partial charge in [0, 0.05) is 17.4 Å². The molecule has 1 fully saturated rings. The first-order chi connectivity index (χ1) is 21.7. The molecule has 3 atom stereocenters. The smallest absolute Gasteiger partial charge is 0.326 e. The van der Waals surface area contributed by atoms with Crippen molar-refractivity contribution in [1.29, 1.82) is 0 Å². The van der Waals surface area contributed by atoms with Crippen molar-refractivity contribution < 1.29 is 49.1 Å². The molecular weight excluding hydrogens is 723 g/mol. The largest absolute Gasteiger partial charge is 0.419 e. The molecule has 0 bridgehead atoms. The van der Waals surface area contributed by atoms with Crippen LogP contribution in [-0.4, -0.2) is 41.5 Å². The van der Waals surface area contributed by atoms with Crippen LogP contribution < -0.4 is 16.0 Å². The van der Waals surface area contributed by atoms with Crippen LogP contribution in [0.2, 0.25) is 5.02 Å². The molecule has 0 aliphatic heterocycles. The molecule has 3 aromatic carbocycles. The number of anilines is 3. The Morgan fingerprint density at radius 1 is 0.936 bits per heavy atom. The van der Waals surface area contributed by atoms with Crippen molar-refractivity contribution in [2.24, 2.45) is 5.92 Å². The van der Waals surface area contributed by atoms with Crippen molar-refractivity contribution >= 4 is 79.4 Å². The van der Waals surface area contributed by atoms with E-state index in [0.29, 0.717) is 18.2 Å². The highest BCUT2D eigenvalue weighted by Gasteiger charge is 2.67. The number of hydrogen-bond donors (Lipinski definition) is 3. The highest BCUT2D eigenvalue weighted by Crippen LogP contribution is 2.65. The summed E-state index contributed by atoms with van der Waals surface area (Å²) >= 11 is 18.6. The van der Waals surface area contributed by atoms with Gasteiger partial charge in [0.15, 0.2) is 15.7 Å². The van der Waals surface area contributed by atoms with Gasteiger partial charge in [-0.25, -0.2) is 21.6 Å². The van der Waals surface area contributed by atoms with E-state index in [9.17, 15) is 44.8 Å². The zero-order valence-corrected chi connectivity index (χ0v) is 27.0. The Bertz CT molecular complexity index is 1890. The maximum absolute atomic E-state index is 15.2. The number of amides is 3. The van der Waals surface area contributed by atoms with E-state index in [0.717, 1.165) is 25.1 Å². The van der Waals surface area contributed by atoms with Crippen LogP contribution in [0.15, 0.2) is 48.5 Å². The summed E-state index contributed by atoms with van der Waals surface area (Å²) in [7, 11) is -3.90. The molecule has 1 aliphatic carbocycles. The maximum atomic E-state index is 15.2. The Hall–Kier alpha value is -3.53. The Morgan fingerprint density at radius 3 is 2.19 bits per heavy atom. The second-order valence-corrected chi connectivity index (χ2v) is 14.8. The van der Waals surface area contributed by atoms with Crippen molar-refractivity contribution in [1.82, 2.24) is 0 Å². The number of nitrogens with one attached hydrogen (secondary N) is 3. The monoisotopic (exact) mass is 743 g/mol. The molecule has 1 unspecified atom stereocenters. The van der Waals surface area contributed by atoms with Crippen molar-refractivity contribution in [2.75, 3.05) is 21.7 Å². The lowest BCUT2D eigenvalue weighted by Crippen LogP contribution is -2.34. The van der Waals surface area contributed by atoms with Gasteiger partial charge in [-0.3, -0.25) is 14.4 Å². The van der Waals surface area contributed by atoms with Crippen LogP contribution >= 0.6 is 34.8 Å². The van der Waals surface area contributed by atoms with E-state index in [1.165, 1.54) is 19.1 Å². The van der Waals surface area contributed by atoms with Gasteiger partial charge in [0.1, 0.15) is 26.9 Å². The molecule has 18 heteroatoms. The van der Waals surface area contributed by atoms with Gasteiger partial charge >= 0.3 is 6.18 Å². The third kappa shape index (κ3) is 7.47. The first kappa shape index (κ1) is 36.3. The molecule has 3 N–H and O–H groups in total. The molecule has 47 heavy (non-hydrogen) atoms. The maximum Gasteiger partial charge on any atom is 0.419 e. The standard InChI is InChI=1S/C29H22Cl3F6N3O5S/c1-3-47(45,46)12(2)25(42)41-24-19(34)8-9-20(23(24)35)40-26(43)15-11-14(5-6-17(15)30)39-27(44)22-21(28(22,31)32)13-4-7-18(33)16(10-13)29(36,37)38/h4-12,21-22H,3H2,1-2H3,(H,39,44)(H,40,43)(H,41,42)/t12?,21-,22+/m0/s1. The fourth-order valence-corrected chi connectivity index (χ4v) is 6.53. The van der Waals surface area contributed by atoms with Crippen LogP contribution in [0.5, 0.6) is 0 Å². The van der Waals surface area contributed by atoms with Crippen LogP contribution in [0, 0.1) is 23.4 Å². The fraction of sp³-hybridized carbons (Fsp3) is 0.276. The average Bonchev–Trinajstić information content (AvgIpc) is 3.58. The first-order valence-corrected chi connectivity index (χ1v) is 16.2. The van der Waals surface area contributed by atoms with E-state index in [1.807, 2.05) is 5.32 Å². The van der Waals surface area contributed by atoms with Gasteiger partial charge in [-0.1, -0.05) is 24.6 Å². The molecular formula is C29H22Cl3F6N3O5S. The number of halogens is 9. The second-order valence-electron chi connectivity index (χ2n) is 10.4. The summed E-state index contributed by atoms with van der Waals surface area (Å²) in [4.78, 5) is 38.5. The number of hydrogen-bond acceptors (Lipinski definition) is 5. The number of alkyl halides is 5. The number of benzene rings is 3. The zero-order valence-electron chi connectivity index (χ0n) is 23.9. The molecule has 0 heterocycles. The molecule has 0 saturated heterocycles. The van der Waals surface area contributed by atoms with E-state index >= 15 is 4.39 Å². The van der Waals surface area contributed by atoms with Crippen molar-refractivity contribution in [3.63, 3.8) is 0 Å². The summed E-state index contributed by atoms with van der Waals surface area (Å²) in [5.74, 6) is -10.2. The summed E-state index contributed by atoms with van der Waals surface area (Å²) in [6.45, 7) is 2.33. The van der Waals surface area contributed by atoms with Crippen LogP contribution in [-0.2, 0) is 25.6 Å². The summed E-state index contributed by atoms with van der Waals surface area (Å²) < 4.78 is 105. The van der Waals surface area contributed by atoms with Gasteiger partial charge in [-0.15, -0.1) is 23.2 Å². The number of carbonyl (C=O) groups is 3. The van der Waals surface area contributed by atoms with Gasteiger partial charge in [0.05, 0.1) is 27.8 Å². The quantitative estimate of drug-likeness (QED) is 0.157. The molecule has 8 nitrogen and oxygen atoms in total. The van der Waals surface area contributed by atoms with Crippen LogP contribution in [0.25, 0.3) is 0 Å². The Morgan fingerprint density at radius 2 is 1.57 bits per heavy atom. The predicted octanol–water partition coefficient (Wildman–Crippen LogP) is 7.32. The highest BCUT2D eigenvalue weighted by atomic mass is 35.5. The molecule has 3 aromatic rings. The van der Waals surface area contributed by atoms with Crippen molar-refractivity contribution in [2.45, 2.75) is 35.5 Å². The summed E-state index contributed by atoms with van der Waals surface area (Å²) in [5, 5.41) is 4.62. The third-order valence-electron chi connectivity index (χ3n) is 7.37. The average molecular weight is 745 g/mol. The van der Waals surface area contributed by atoms with E-state index in [-0.39, 0.29) is 21.8 Å². The summed E-state index contributed by atoms with van der Waals surface area (Å²) in [6, 6.07) is 7.16. The van der Waals surface area contributed by atoms with Crippen molar-refractivity contribution in [3.05, 3.63) is 87.7 Å². The molecule has 0 spiro atoms. The van der Waals surface area contributed by atoms with Gasteiger partial charge in [-0.05, 0) is 55.0 Å². The highest BCUT2D eigenvalue weighted by molar-refractivity contribution is 7.92. The normalized spacial score (nSPS) is 17.9. The van der Waals surface area contributed by atoms with Gasteiger partial charge in [0.25, 0.3) is 5.91 Å². The van der Waals surface area contributed by atoms with Crippen molar-refractivity contribution in [3.8, 4) is 0 Å². The third-order valence-corrected chi connectivity index (χ3v) is 10.7. The van der Waals surface area contributed by atoms with E-state index in [1.54, 1.807) is 0 Å². The second kappa shape index (κ2) is 13.2. The van der Waals surface area contributed by atoms with Crippen LogP contribution in [0.3, 0.4) is 0 Å². The Balaban J connectivity index is 1.52. The van der Waals surface area contributed by atoms with Gasteiger partial charge in [-0.2, -0.15) is 13.2 Å². The van der Waals surface area contributed by atoms with E-state index < -0.39 is 95.3 Å². The molecule has 0 aromatic heterocycles. The Labute approximate surface area is 278 Å². The number of sulfone groups is 1. The number of carbonyl (C=O) groups excluding carboxylic acids is 3. The van der Waals surface area contributed by atoms with Crippen LogP contribution in [0.1, 0.15) is 41.3 Å². The molecule has 4 rings (SSSR count). The molecule has 3 amide bonds. The first-order valence-electron chi connectivity index (χ1n) is 13.4. The topological polar surface area (TPSA) is 121 Å². The molecule has 252 valence electrons. The predicted molar refractivity (Wildman–Crippen MR) is 164 cm³/mol. The minimum Gasteiger partial charge on any atom is -0.326 e.